The summed E-state index contributed by atoms with van der Waals surface area (Å²) in [5.74, 6) is 1.59. The van der Waals surface area contributed by atoms with Crippen LogP contribution in [0.5, 0.6) is 5.75 Å². The van der Waals surface area contributed by atoms with E-state index in [0.29, 0.717) is 13.0 Å². The number of aromatic nitrogens is 5. The van der Waals surface area contributed by atoms with Gasteiger partial charge >= 0.3 is 0 Å². The lowest BCUT2D eigenvalue weighted by molar-refractivity contribution is 0.310. The van der Waals surface area contributed by atoms with Gasteiger partial charge in [-0.15, -0.1) is 5.10 Å². The van der Waals surface area contributed by atoms with Crippen molar-refractivity contribution in [3.05, 3.63) is 76.8 Å². The van der Waals surface area contributed by atoms with Gasteiger partial charge in [0, 0.05) is 24.9 Å². The van der Waals surface area contributed by atoms with Crippen LogP contribution in [-0.2, 0) is 13.5 Å². The second-order valence-corrected chi connectivity index (χ2v) is 6.25. The van der Waals surface area contributed by atoms with Crippen molar-refractivity contribution in [3.63, 3.8) is 0 Å². The summed E-state index contributed by atoms with van der Waals surface area (Å²) >= 11 is 0. The lowest BCUT2D eigenvalue weighted by Gasteiger charge is -2.09. The van der Waals surface area contributed by atoms with Gasteiger partial charge in [-0.25, -0.2) is 0 Å². The molecule has 136 valence electrons. The molecule has 4 aromatic rings. The molecule has 7 heteroatoms. The average Bonchev–Trinajstić information content (AvgIpc) is 3.17. The maximum absolute atomic E-state index is 11.7. The summed E-state index contributed by atoms with van der Waals surface area (Å²) in [6.07, 6.45) is 1.50. The van der Waals surface area contributed by atoms with Gasteiger partial charge in [0.05, 0.1) is 17.8 Å². The van der Waals surface area contributed by atoms with Crippen LogP contribution < -0.4 is 10.3 Å². The number of aryl methyl sites for hydroxylation is 2. The summed E-state index contributed by atoms with van der Waals surface area (Å²) in [6, 6.07) is 18.9. The largest absolute Gasteiger partial charge is 0.494 e. The molecule has 0 atom stereocenters. The molecule has 27 heavy (non-hydrogen) atoms. The zero-order valence-corrected chi connectivity index (χ0v) is 14.9. The van der Waals surface area contributed by atoms with E-state index in [1.54, 1.807) is 22.4 Å². The number of para-hydroxylation sites is 1. The van der Waals surface area contributed by atoms with E-state index in [4.69, 9.17) is 4.74 Å². The highest BCUT2D eigenvalue weighted by Gasteiger charge is 2.08. The first-order chi connectivity index (χ1) is 13.2. The molecule has 0 unspecified atom stereocenters. The van der Waals surface area contributed by atoms with Crippen LogP contribution in [0.25, 0.3) is 16.6 Å². The molecule has 0 N–H and O–H groups in total. The molecule has 0 radical (unpaired) electrons. The first-order valence-electron chi connectivity index (χ1n) is 8.78. The summed E-state index contributed by atoms with van der Waals surface area (Å²) in [4.78, 5) is 11.7. The second-order valence-electron chi connectivity index (χ2n) is 6.25. The van der Waals surface area contributed by atoms with Crippen molar-refractivity contribution in [2.45, 2.75) is 12.8 Å². The molecule has 0 aliphatic carbocycles. The molecule has 0 aliphatic heterocycles. The summed E-state index contributed by atoms with van der Waals surface area (Å²) in [7, 11) is 1.77. The van der Waals surface area contributed by atoms with Crippen LogP contribution in [0.3, 0.4) is 0 Å². The monoisotopic (exact) mass is 361 g/mol. The van der Waals surface area contributed by atoms with Crippen molar-refractivity contribution in [1.82, 2.24) is 24.8 Å². The predicted molar refractivity (Wildman–Crippen MR) is 102 cm³/mol. The minimum absolute atomic E-state index is 0.0210. The van der Waals surface area contributed by atoms with E-state index >= 15 is 0 Å². The fourth-order valence-electron chi connectivity index (χ4n) is 3.00. The summed E-state index contributed by atoms with van der Waals surface area (Å²) in [5.41, 5.74) is 1.81. The molecule has 4 rings (SSSR count). The Morgan fingerprint density at radius 2 is 1.89 bits per heavy atom. The number of fused-ring (bicyclic) bond motifs is 1. The number of tetrazole rings is 1. The van der Waals surface area contributed by atoms with Crippen LogP contribution in [0, 0.1) is 0 Å². The van der Waals surface area contributed by atoms with Crippen LogP contribution in [-0.4, -0.2) is 31.4 Å². The van der Waals surface area contributed by atoms with Crippen molar-refractivity contribution in [3.8, 4) is 11.4 Å². The number of hydrogen-bond donors (Lipinski definition) is 0. The van der Waals surface area contributed by atoms with E-state index in [1.807, 2.05) is 54.6 Å². The van der Waals surface area contributed by atoms with Gasteiger partial charge in [0.25, 0.3) is 5.56 Å². The van der Waals surface area contributed by atoms with Gasteiger partial charge in [-0.05, 0) is 53.2 Å². The van der Waals surface area contributed by atoms with Gasteiger partial charge in [-0.2, -0.15) is 4.68 Å². The average molecular weight is 361 g/mol. The van der Waals surface area contributed by atoms with E-state index in [0.717, 1.165) is 34.6 Å². The van der Waals surface area contributed by atoms with Crippen LogP contribution in [0.4, 0.5) is 0 Å². The topological polar surface area (TPSA) is 74.8 Å². The van der Waals surface area contributed by atoms with Crippen LogP contribution in [0.2, 0.25) is 0 Å². The van der Waals surface area contributed by atoms with E-state index in [9.17, 15) is 4.79 Å². The molecular formula is C20H19N5O2. The molecule has 7 nitrogen and oxygen atoms in total. The van der Waals surface area contributed by atoms with E-state index in [1.165, 1.54) is 0 Å². The molecular weight excluding hydrogens is 342 g/mol. The Morgan fingerprint density at radius 1 is 1.04 bits per heavy atom. The van der Waals surface area contributed by atoms with Gasteiger partial charge in [0.15, 0.2) is 5.82 Å². The number of pyridine rings is 1. The Hall–Kier alpha value is -3.48. The SMILES string of the molecule is Cn1c(=O)ccc2cc(OCCCc3nnnn3-c3ccccc3)ccc21. The van der Waals surface area contributed by atoms with Gasteiger partial charge in [-0.3, -0.25) is 4.79 Å². The highest BCUT2D eigenvalue weighted by Crippen LogP contribution is 2.19. The molecule has 0 bridgehead atoms. The highest BCUT2D eigenvalue weighted by atomic mass is 16.5. The van der Waals surface area contributed by atoms with E-state index in [-0.39, 0.29) is 5.56 Å². The third-order valence-electron chi connectivity index (χ3n) is 4.44. The maximum Gasteiger partial charge on any atom is 0.250 e. The fourth-order valence-corrected chi connectivity index (χ4v) is 3.00. The fraction of sp³-hybridized carbons (Fsp3) is 0.200. The molecule has 0 amide bonds. The van der Waals surface area contributed by atoms with Gasteiger partial charge in [0.1, 0.15) is 5.75 Å². The lowest BCUT2D eigenvalue weighted by Crippen LogP contribution is -2.14. The molecule has 0 saturated heterocycles. The van der Waals surface area contributed by atoms with Crippen molar-refractivity contribution < 1.29 is 4.74 Å². The smallest absolute Gasteiger partial charge is 0.250 e. The van der Waals surface area contributed by atoms with Crippen molar-refractivity contribution in [2.75, 3.05) is 6.61 Å². The molecule has 0 spiro atoms. The maximum atomic E-state index is 11.7. The Balaban J connectivity index is 1.39. The molecule has 2 heterocycles. The van der Waals surface area contributed by atoms with Crippen molar-refractivity contribution in [1.29, 1.82) is 0 Å². The minimum atomic E-state index is -0.0210. The normalized spacial score (nSPS) is 11.0. The second kappa shape index (κ2) is 7.41. The van der Waals surface area contributed by atoms with E-state index < -0.39 is 0 Å². The number of benzene rings is 2. The molecule has 0 fully saturated rings. The molecule has 2 aromatic carbocycles. The van der Waals surface area contributed by atoms with E-state index in [2.05, 4.69) is 15.5 Å². The first kappa shape index (κ1) is 17.0. The summed E-state index contributed by atoms with van der Waals surface area (Å²) in [6.45, 7) is 0.554. The minimum Gasteiger partial charge on any atom is -0.494 e. The van der Waals surface area contributed by atoms with Crippen molar-refractivity contribution >= 4 is 10.9 Å². The number of rotatable bonds is 6. The van der Waals surface area contributed by atoms with Crippen LogP contribution in [0.15, 0.2) is 65.5 Å². The van der Waals surface area contributed by atoms with Gasteiger partial charge < -0.3 is 9.30 Å². The molecule has 0 saturated carbocycles. The molecule has 0 aliphatic rings. The Morgan fingerprint density at radius 3 is 2.74 bits per heavy atom. The standard InChI is InChI=1S/C20H19N5O2/c1-24-18-11-10-17(14-15(18)9-12-20(24)26)27-13-5-8-19-21-22-23-25(19)16-6-3-2-4-7-16/h2-4,6-7,9-12,14H,5,8,13H2,1H3. The van der Waals surface area contributed by atoms with Gasteiger partial charge in [-0.1, -0.05) is 18.2 Å². The number of ether oxygens (including phenoxy) is 1. The van der Waals surface area contributed by atoms with Crippen LogP contribution in [0.1, 0.15) is 12.2 Å². The number of hydrogen-bond acceptors (Lipinski definition) is 5. The highest BCUT2D eigenvalue weighted by molar-refractivity contribution is 5.80. The predicted octanol–water partition coefficient (Wildman–Crippen LogP) is 2.53. The quantitative estimate of drug-likeness (QED) is 0.493. The van der Waals surface area contributed by atoms with Gasteiger partial charge in [0.2, 0.25) is 0 Å². The van der Waals surface area contributed by atoms with Crippen LogP contribution >= 0.6 is 0 Å². The molecule has 2 aromatic heterocycles. The Bertz CT molecular complexity index is 1120. The third kappa shape index (κ3) is 3.57. The Labute approximate surface area is 155 Å². The summed E-state index contributed by atoms with van der Waals surface area (Å²) in [5, 5.41) is 12.9. The van der Waals surface area contributed by atoms with Crippen molar-refractivity contribution in [2.24, 2.45) is 7.05 Å². The zero-order valence-electron chi connectivity index (χ0n) is 14.9. The Kier molecular flexibility index (Phi) is 4.65. The summed E-state index contributed by atoms with van der Waals surface area (Å²) < 4.78 is 9.24. The first-order valence-corrected chi connectivity index (χ1v) is 8.78. The lowest BCUT2D eigenvalue weighted by atomic mass is 10.2. The number of nitrogens with zero attached hydrogens (tertiary/aromatic N) is 5. The zero-order chi connectivity index (χ0) is 18.6. The third-order valence-corrected chi connectivity index (χ3v) is 4.44.